The van der Waals surface area contributed by atoms with E-state index in [4.69, 9.17) is 0 Å². The predicted octanol–water partition coefficient (Wildman–Crippen LogP) is 2.01. The third kappa shape index (κ3) is 1.71. The van der Waals surface area contributed by atoms with Gasteiger partial charge in [0.15, 0.2) is 5.17 Å². The molecule has 3 aliphatic rings. The monoisotopic (exact) mass is 196 g/mol. The van der Waals surface area contributed by atoms with Gasteiger partial charge in [-0.1, -0.05) is 11.8 Å². The van der Waals surface area contributed by atoms with E-state index in [0.29, 0.717) is 0 Å². The first kappa shape index (κ1) is 8.16. The van der Waals surface area contributed by atoms with Crippen molar-refractivity contribution in [2.45, 2.75) is 43.4 Å². The molecule has 1 heterocycles. The summed E-state index contributed by atoms with van der Waals surface area (Å²) in [6.45, 7) is 1.07. The zero-order valence-corrected chi connectivity index (χ0v) is 8.65. The second-order valence-electron chi connectivity index (χ2n) is 4.41. The third-order valence-electron chi connectivity index (χ3n) is 3.26. The molecule has 3 heteroatoms. The van der Waals surface area contributed by atoms with Crippen LogP contribution in [0, 0.1) is 5.92 Å². The molecule has 2 saturated carbocycles. The van der Waals surface area contributed by atoms with Crippen LogP contribution in [-0.4, -0.2) is 23.0 Å². The quantitative estimate of drug-likeness (QED) is 0.730. The molecule has 0 radical (unpaired) electrons. The van der Waals surface area contributed by atoms with Crippen molar-refractivity contribution in [3.8, 4) is 0 Å². The summed E-state index contributed by atoms with van der Waals surface area (Å²) in [6.07, 6.45) is 7.01. The number of nitrogens with zero attached hydrogens (tertiary/aromatic N) is 1. The van der Waals surface area contributed by atoms with Gasteiger partial charge in [-0.05, 0) is 38.0 Å². The minimum absolute atomic E-state index is 0.754. The summed E-state index contributed by atoms with van der Waals surface area (Å²) in [5.41, 5.74) is 0. The highest BCUT2D eigenvalue weighted by atomic mass is 32.2. The lowest BCUT2D eigenvalue weighted by molar-refractivity contribution is 0.385. The van der Waals surface area contributed by atoms with Crippen LogP contribution in [0.15, 0.2) is 4.99 Å². The standard InChI is InChI=1S/C10H16N2S/c1-2-8(3-1)12-10-11-6-9(13-10)7-4-5-7/h7-9H,1-6H2,(H,11,12). The SMILES string of the molecule is C1CC(NC2=NCC(C3CC3)S2)C1. The van der Waals surface area contributed by atoms with E-state index < -0.39 is 0 Å². The molecule has 1 unspecified atom stereocenters. The van der Waals surface area contributed by atoms with Gasteiger partial charge in [0.2, 0.25) is 0 Å². The van der Waals surface area contributed by atoms with Crippen LogP contribution in [0.2, 0.25) is 0 Å². The normalized spacial score (nSPS) is 34.2. The van der Waals surface area contributed by atoms with Crippen molar-refractivity contribution in [3.05, 3.63) is 0 Å². The summed E-state index contributed by atoms with van der Waals surface area (Å²) in [5, 5.41) is 5.60. The van der Waals surface area contributed by atoms with Crippen molar-refractivity contribution >= 4 is 16.9 Å². The van der Waals surface area contributed by atoms with Gasteiger partial charge in [0.05, 0.1) is 6.54 Å². The first-order chi connectivity index (χ1) is 6.42. The second kappa shape index (κ2) is 3.19. The maximum absolute atomic E-state index is 4.57. The van der Waals surface area contributed by atoms with Crippen molar-refractivity contribution in [1.82, 2.24) is 5.32 Å². The Labute approximate surface area is 83.6 Å². The Hall–Kier alpha value is -0.180. The lowest BCUT2D eigenvalue weighted by atomic mass is 9.94. The number of amidine groups is 1. The smallest absolute Gasteiger partial charge is 0.157 e. The van der Waals surface area contributed by atoms with Gasteiger partial charge in [0, 0.05) is 11.3 Å². The van der Waals surface area contributed by atoms with E-state index in [-0.39, 0.29) is 0 Å². The van der Waals surface area contributed by atoms with Crippen LogP contribution in [0.25, 0.3) is 0 Å². The average molecular weight is 196 g/mol. The van der Waals surface area contributed by atoms with Crippen LogP contribution in [0.3, 0.4) is 0 Å². The highest BCUT2D eigenvalue weighted by molar-refractivity contribution is 8.14. The maximum atomic E-state index is 4.57. The molecule has 0 bridgehead atoms. The molecule has 0 amide bonds. The molecule has 2 nitrogen and oxygen atoms in total. The fourth-order valence-corrected chi connectivity index (χ4v) is 3.20. The van der Waals surface area contributed by atoms with Crippen LogP contribution >= 0.6 is 11.8 Å². The van der Waals surface area contributed by atoms with Crippen molar-refractivity contribution in [2.75, 3.05) is 6.54 Å². The molecular weight excluding hydrogens is 180 g/mol. The van der Waals surface area contributed by atoms with Gasteiger partial charge in [-0.3, -0.25) is 4.99 Å². The van der Waals surface area contributed by atoms with E-state index in [0.717, 1.165) is 23.8 Å². The van der Waals surface area contributed by atoms with E-state index in [1.54, 1.807) is 0 Å². The molecule has 2 aliphatic carbocycles. The zero-order valence-electron chi connectivity index (χ0n) is 7.83. The number of aliphatic imine (C=N–C) groups is 1. The molecule has 0 spiro atoms. The van der Waals surface area contributed by atoms with Crippen molar-refractivity contribution in [1.29, 1.82) is 0 Å². The van der Waals surface area contributed by atoms with Gasteiger partial charge in [-0.25, -0.2) is 0 Å². The van der Waals surface area contributed by atoms with E-state index in [2.05, 4.69) is 10.3 Å². The summed E-state index contributed by atoms with van der Waals surface area (Å²) >= 11 is 2.00. The number of hydrogen-bond donors (Lipinski definition) is 1. The van der Waals surface area contributed by atoms with Crippen molar-refractivity contribution in [2.24, 2.45) is 10.9 Å². The Balaban J connectivity index is 1.49. The molecular formula is C10H16N2S. The molecule has 3 rings (SSSR count). The largest absolute Gasteiger partial charge is 0.362 e. The Bertz CT molecular complexity index is 231. The summed E-state index contributed by atoms with van der Waals surface area (Å²) in [7, 11) is 0. The summed E-state index contributed by atoms with van der Waals surface area (Å²) in [4.78, 5) is 4.57. The highest BCUT2D eigenvalue weighted by Crippen LogP contribution is 2.41. The first-order valence-electron chi connectivity index (χ1n) is 5.39. The van der Waals surface area contributed by atoms with Crippen LogP contribution in [0.5, 0.6) is 0 Å². The number of rotatable bonds is 2. The Morgan fingerprint density at radius 2 is 2.08 bits per heavy atom. The van der Waals surface area contributed by atoms with Crippen LogP contribution in [0.4, 0.5) is 0 Å². The van der Waals surface area contributed by atoms with Gasteiger partial charge in [-0.2, -0.15) is 0 Å². The van der Waals surface area contributed by atoms with E-state index in [1.807, 2.05) is 11.8 Å². The highest BCUT2D eigenvalue weighted by Gasteiger charge is 2.35. The first-order valence-corrected chi connectivity index (χ1v) is 6.27. The average Bonchev–Trinajstić information content (AvgIpc) is 2.80. The molecule has 1 aliphatic heterocycles. The zero-order chi connectivity index (χ0) is 8.67. The topological polar surface area (TPSA) is 24.4 Å². The van der Waals surface area contributed by atoms with Crippen LogP contribution in [0.1, 0.15) is 32.1 Å². The maximum Gasteiger partial charge on any atom is 0.157 e. The third-order valence-corrected chi connectivity index (χ3v) is 4.57. The van der Waals surface area contributed by atoms with Gasteiger partial charge in [0.25, 0.3) is 0 Å². The molecule has 0 aromatic carbocycles. The Kier molecular flexibility index (Phi) is 2.00. The van der Waals surface area contributed by atoms with E-state index in [9.17, 15) is 0 Å². The van der Waals surface area contributed by atoms with Crippen LogP contribution in [-0.2, 0) is 0 Å². The van der Waals surface area contributed by atoms with Gasteiger partial charge < -0.3 is 5.32 Å². The molecule has 1 atom stereocenters. The molecule has 1 N–H and O–H groups in total. The van der Waals surface area contributed by atoms with Crippen LogP contribution < -0.4 is 5.32 Å². The summed E-state index contributed by atoms with van der Waals surface area (Å²) < 4.78 is 0. The molecule has 0 saturated heterocycles. The summed E-state index contributed by atoms with van der Waals surface area (Å²) in [5.74, 6) is 0.995. The van der Waals surface area contributed by atoms with E-state index in [1.165, 1.54) is 37.3 Å². The number of thioether (sulfide) groups is 1. The Morgan fingerprint density at radius 3 is 2.69 bits per heavy atom. The minimum Gasteiger partial charge on any atom is -0.362 e. The lowest BCUT2D eigenvalue weighted by Crippen LogP contribution is -2.37. The predicted molar refractivity (Wildman–Crippen MR) is 57.2 cm³/mol. The van der Waals surface area contributed by atoms with E-state index >= 15 is 0 Å². The lowest BCUT2D eigenvalue weighted by Gasteiger charge is -2.27. The minimum atomic E-state index is 0.754. The molecule has 2 fully saturated rings. The van der Waals surface area contributed by atoms with Crippen molar-refractivity contribution < 1.29 is 0 Å². The number of hydrogen-bond acceptors (Lipinski definition) is 3. The molecule has 13 heavy (non-hydrogen) atoms. The van der Waals surface area contributed by atoms with Gasteiger partial charge in [-0.15, -0.1) is 0 Å². The fourth-order valence-electron chi connectivity index (χ4n) is 1.91. The van der Waals surface area contributed by atoms with Gasteiger partial charge >= 0.3 is 0 Å². The Morgan fingerprint density at radius 1 is 1.23 bits per heavy atom. The van der Waals surface area contributed by atoms with Gasteiger partial charge in [0.1, 0.15) is 0 Å². The molecule has 72 valence electrons. The second-order valence-corrected chi connectivity index (χ2v) is 5.64. The fraction of sp³-hybridized carbons (Fsp3) is 0.900. The van der Waals surface area contributed by atoms with Crippen molar-refractivity contribution in [3.63, 3.8) is 0 Å². The molecule has 0 aromatic heterocycles. The summed E-state index contributed by atoms with van der Waals surface area (Å²) in [6, 6.07) is 0.754. The molecule has 0 aromatic rings. The number of nitrogens with one attached hydrogen (secondary N) is 1.